The number of amides is 9. The molecule has 0 bridgehead atoms. The van der Waals surface area contributed by atoms with Crippen LogP contribution in [0.5, 0.6) is 0 Å². The van der Waals surface area contributed by atoms with Gasteiger partial charge in [-0.15, -0.1) is 0 Å². The molecular weight excluding hydrogens is 1090 g/mol. The molecule has 1 aromatic carbocycles. The van der Waals surface area contributed by atoms with Gasteiger partial charge in [0.05, 0.1) is 25.1 Å². The van der Waals surface area contributed by atoms with Crippen LogP contribution in [0.3, 0.4) is 0 Å². The number of hydrogen-bond donors (Lipinski definition) is 14. The first-order valence-electron chi connectivity index (χ1n) is 29.4. The second-order valence-electron chi connectivity index (χ2n) is 22.3. The predicted molar refractivity (Wildman–Crippen MR) is 313 cm³/mol. The molecule has 1 aliphatic heterocycles. The second kappa shape index (κ2) is 36.6. The maximum Gasteiger partial charge on any atom is 0.329 e. The summed E-state index contributed by atoms with van der Waals surface area (Å²) in [4.78, 5) is 152. The molecule has 0 aliphatic carbocycles. The molecule has 9 amide bonds. The van der Waals surface area contributed by atoms with Gasteiger partial charge in [0.25, 0.3) is 0 Å². The van der Waals surface area contributed by atoms with Crippen LogP contribution in [0.1, 0.15) is 140 Å². The van der Waals surface area contributed by atoms with Crippen LogP contribution in [0.15, 0.2) is 30.3 Å². The molecular formula is C58H96N12O14. The third kappa shape index (κ3) is 22.8. The molecule has 472 valence electrons. The van der Waals surface area contributed by atoms with E-state index in [-0.39, 0.29) is 25.1 Å². The van der Waals surface area contributed by atoms with Gasteiger partial charge in [0.1, 0.15) is 60.5 Å². The predicted octanol–water partition coefficient (Wildman–Crippen LogP) is -0.594. The molecule has 1 aromatic rings. The summed E-state index contributed by atoms with van der Waals surface area (Å²) in [5, 5.41) is 55.0. The molecule has 1 fully saturated rings. The number of ether oxygens (including phenoxy) is 1. The van der Waals surface area contributed by atoms with Crippen molar-refractivity contribution < 1.29 is 67.7 Å². The molecule has 26 nitrogen and oxygen atoms in total. The summed E-state index contributed by atoms with van der Waals surface area (Å²) in [6.45, 7) is 16.1. The third-order valence-corrected chi connectivity index (χ3v) is 15.7. The molecule has 1 saturated heterocycles. The minimum absolute atomic E-state index is 0.0508. The van der Waals surface area contributed by atoms with Gasteiger partial charge in [-0.25, -0.2) is 4.79 Å². The number of esters is 1. The number of rotatable bonds is 32. The summed E-state index contributed by atoms with van der Waals surface area (Å²) >= 11 is 0. The Morgan fingerprint density at radius 1 is 0.631 bits per heavy atom. The zero-order chi connectivity index (χ0) is 63.5. The van der Waals surface area contributed by atoms with Crippen molar-refractivity contribution in [3.8, 4) is 0 Å². The number of amidine groups is 1. The zero-order valence-corrected chi connectivity index (χ0v) is 51.0. The van der Waals surface area contributed by atoms with Crippen molar-refractivity contribution in [1.82, 2.24) is 53.2 Å². The summed E-state index contributed by atoms with van der Waals surface area (Å²) in [5.41, 5.74) is 6.46. The van der Waals surface area contributed by atoms with Gasteiger partial charge >= 0.3 is 5.97 Å². The molecule has 0 spiro atoms. The van der Waals surface area contributed by atoms with E-state index in [1.807, 2.05) is 37.3 Å². The second-order valence-corrected chi connectivity index (χ2v) is 22.3. The number of nitrogens with one attached hydrogen (secondary N) is 11. The highest BCUT2D eigenvalue weighted by molar-refractivity contribution is 5.99. The molecule has 1 aliphatic rings. The summed E-state index contributed by atoms with van der Waals surface area (Å²) in [6, 6.07) is -3.99. The Morgan fingerprint density at radius 3 is 1.57 bits per heavy atom. The van der Waals surface area contributed by atoms with E-state index < -0.39 is 181 Å². The quantitative estimate of drug-likeness (QED) is 0.0186. The van der Waals surface area contributed by atoms with Gasteiger partial charge in [-0.1, -0.05) is 125 Å². The van der Waals surface area contributed by atoms with Gasteiger partial charge in [-0.3, -0.25) is 53.4 Å². The number of unbranched alkanes of at least 4 members (excludes halogenated alkanes) is 1. The Labute approximate surface area is 493 Å². The van der Waals surface area contributed by atoms with Crippen LogP contribution in [0.25, 0.3) is 0 Å². The lowest BCUT2D eigenvalue weighted by Gasteiger charge is -2.31. The van der Waals surface area contributed by atoms with E-state index in [9.17, 15) is 63.0 Å². The maximum absolute atomic E-state index is 14.4. The van der Waals surface area contributed by atoms with E-state index in [1.54, 1.807) is 55.5 Å². The Kier molecular flexibility index (Phi) is 31.8. The highest BCUT2D eigenvalue weighted by Gasteiger charge is 2.40. The number of aliphatic hydroxyl groups is 2. The fraction of sp³-hybridized carbons (Fsp3) is 0.690. The zero-order valence-electron chi connectivity index (χ0n) is 51.0. The van der Waals surface area contributed by atoms with Crippen molar-refractivity contribution in [2.45, 2.75) is 207 Å². The highest BCUT2D eigenvalue weighted by Crippen LogP contribution is 2.18. The lowest BCUT2D eigenvalue weighted by atomic mass is 9.94. The number of nitrogens with two attached hydrogens (primary N) is 1. The van der Waals surface area contributed by atoms with E-state index >= 15 is 0 Å². The van der Waals surface area contributed by atoms with Crippen molar-refractivity contribution >= 4 is 70.8 Å². The van der Waals surface area contributed by atoms with Gasteiger partial charge in [-0.05, 0) is 69.4 Å². The van der Waals surface area contributed by atoms with Gasteiger partial charge in [0, 0.05) is 18.8 Å². The Balaban J connectivity index is 2.42. The van der Waals surface area contributed by atoms with Crippen molar-refractivity contribution in [3.05, 3.63) is 35.9 Å². The molecule has 26 heteroatoms. The fourth-order valence-electron chi connectivity index (χ4n) is 9.08. The van der Waals surface area contributed by atoms with E-state index in [0.29, 0.717) is 38.5 Å². The smallest absolute Gasteiger partial charge is 0.329 e. The lowest BCUT2D eigenvalue weighted by Crippen LogP contribution is -2.63. The molecule has 84 heavy (non-hydrogen) atoms. The molecule has 0 radical (unpaired) electrons. The van der Waals surface area contributed by atoms with Crippen molar-refractivity contribution in [3.63, 3.8) is 0 Å². The number of ketones is 1. The number of carbonyl (C=O) groups is 11. The molecule has 2 rings (SSSR count). The summed E-state index contributed by atoms with van der Waals surface area (Å²) in [5.74, 6) is -12.1. The Morgan fingerprint density at radius 2 is 1.10 bits per heavy atom. The molecule has 1 heterocycles. The van der Waals surface area contributed by atoms with Gasteiger partial charge in [0.2, 0.25) is 53.2 Å². The van der Waals surface area contributed by atoms with Gasteiger partial charge < -0.3 is 73.9 Å². The monoisotopic (exact) mass is 1180 g/mol. The summed E-state index contributed by atoms with van der Waals surface area (Å²) in [7, 11) is 1.61. The largest absolute Gasteiger partial charge is 0.458 e. The van der Waals surface area contributed by atoms with Crippen LogP contribution < -0.4 is 58.9 Å². The average Bonchev–Trinajstić information content (AvgIpc) is 3.58. The van der Waals surface area contributed by atoms with Gasteiger partial charge in [-0.2, -0.15) is 0 Å². The van der Waals surface area contributed by atoms with Crippen LogP contribution in [0.4, 0.5) is 0 Å². The van der Waals surface area contributed by atoms with Crippen LogP contribution in [0, 0.1) is 35.0 Å². The third-order valence-electron chi connectivity index (χ3n) is 15.7. The normalized spacial score (nSPS) is 21.7. The number of benzene rings is 1. The van der Waals surface area contributed by atoms with E-state index in [4.69, 9.17) is 15.9 Å². The SMILES string of the molecule is CC[C@@H](C)[C@@H](NC(=O)[C@@H](CCCCC(=N)N)NC(=O)[C@H](CO)NC(=O)[C@@H](NC(=O)[C@@H](Cc1ccccc1)NC)[C@@H](C)CC)C(=O)N[C@H](C(=O)N[C@@H](CO)C(=O)N[C@H]1C(=O)C[C@@H](C)C(=O)N[C@@H](C)C(=O)N[C@@H]([C@@H](C)CC)C(=O)O[C@H]1C)[C@@H](C)CC. The first-order valence-corrected chi connectivity index (χ1v) is 29.4. The van der Waals surface area contributed by atoms with Crippen molar-refractivity contribution in [2.24, 2.45) is 35.3 Å². The number of hydrogen-bond acceptors (Lipinski definition) is 16. The Bertz CT molecular complexity index is 2400. The van der Waals surface area contributed by atoms with E-state index in [1.165, 1.54) is 20.8 Å². The van der Waals surface area contributed by atoms with E-state index in [2.05, 4.69) is 53.2 Å². The first-order chi connectivity index (χ1) is 39.6. The topological polar surface area (TPSA) is 408 Å². The maximum atomic E-state index is 14.4. The molecule has 16 atom stereocenters. The number of carbonyl (C=O) groups excluding carboxylic acids is 11. The first kappa shape index (κ1) is 73.0. The average molecular weight is 1190 g/mol. The number of likely N-dealkylation sites (N-methyl/N-ethyl adjacent to an activating group) is 1. The van der Waals surface area contributed by atoms with E-state index in [0.717, 1.165) is 5.56 Å². The standard InChI is InChI=1S/C58H96N12O14/c1-13-30(5)44(67-52(77)39(61-12)27-37-22-18-17-19-23-37)55(80)64-40(28-71)53(78)63-38(24-20-21-25-43(59)60)51(76)66-46(32(7)15-3)57(82)68-45(31(6)14-2)56(81)65-41(29-72)54(79)70-48-36(11)84-58(83)47(33(8)16-4)69-50(75)35(10)62-49(74)34(9)26-42(48)73/h17-19,22-23,30-36,38-41,44-48,61,71-72H,13-16,20-21,24-29H2,1-12H3,(H3,59,60)(H,62,74)(H,63,78)(H,64,80)(H,65,81)(H,66,76)(H,67,77)(H,68,82)(H,69,75)(H,70,79)/t30-,31-,32+,33-,34+,35-,36-,38+,39+,40-,41-,44-,45-,46+,47-,48+/m0/s1. The summed E-state index contributed by atoms with van der Waals surface area (Å²) < 4.78 is 5.68. The number of aliphatic hydroxyl groups excluding tert-OH is 2. The van der Waals surface area contributed by atoms with Crippen LogP contribution in [-0.4, -0.2) is 168 Å². The van der Waals surface area contributed by atoms with Crippen LogP contribution in [0.2, 0.25) is 0 Å². The minimum Gasteiger partial charge on any atom is -0.458 e. The highest BCUT2D eigenvalue weighted by atomic mass is 16.5. The molecule has 0 aromatic heterocycles. The van der Waals surface area contributed by atoms with Crippen molar-refractivity contribution in [2.75, 3.05) is 20.3 Å². The fourth-order valence-corrected chi connectivity index (χ4v) is 9.08. The molecule has 0 saturated carbocycles. The number of cyclic esters (lactones) is 1. The van der Waals surface area contributed by atoms with Crippen LogP contribution in [-0.2, 0) is 63.9 Å². The van der Waals surface area contributed by atoms with Crippen molar-refractivity contribution in [1.29, 1.82) is 5.41 Å². The van der Waals surface area contributed by atoms with Crippen LogP contribution >= 0.6 is 0 Å². The summed E-state index contributed by atoms with van der Waals surface area (Å²) in [6.07, 6.45) is 0.636. The lowest BCUT2D eigenvalue weighted by molar-refractivity contribution is -0.157. The minimum atomic E-state index is -1.75. The Hall–Kier alpha value is -7.06. The van der Waals surface area contributed by atoms with Gasteiger partial charge in [0.15, 0.2) is 5.78 Å². The molecule has 15 N–H and O–H groups in total. The molecule has 0 unspecified atom stereocenters. The number of Topliss-reactive ketones (excluding diaryl/α,β-unsaturated/α-hetero) is 1.